The normalized spacial score (nSPS) is 15.2. The fraction of sp³-hybridized carbons (Fsp3) is 0.350. The third-order valence-corrected chi connectivity index (χ3v) is 6.11. The largest absolute Gasteiger partial charge is 0.482 e. The highest BCUT2D eigenvalue weighted by atomic mass is 79.9. The number of hydrogen-bond acceptors (Lipinski definition) is 6. The lowest BCUT2D eigenvalue weighted by Crippen LogP contribution is -2.23. The first-order valence-electron chi connectivity index (χ1n) is 8.84. The summed E-state index contributed by atoms with van der Waals surface area (Å²) in [6, 6.07) is 9.21. The van der Waals surface area contributed by atoms with E-state index in [4.69, 9.17) is 9.47 Å². The summed E-state index contributed by atoms with van der Waals surface area (Å²) < 4.78 is 11.2. The van der Waals surface area contributed by atoms with Gasteiger partial charge in [0.2, 0.25) is 0 Å². The lowest BCUT2D eigenvalue weighted by Gasteiger charge is -2.17. The molecule has 1 amide bonds. The molecule has 0 saturated heterocycles. The molecule has 0 bridgehead atoms. The van der Waals surface area contributed by atoms with Crippen LogP contribution in [0, 0.1) is 17.2 Å². The fourth-order valence-corrected chi connectivity index (χ4v) is 4.62. The van der Waals surface area contributed by atoms with E-state index in [2.05, 4.69) is 34.2 Å². The van der Waals surface area contributed by atoms with Gasteiger partial charge >= 0.3 is 5.97 Å². The number of amides is 1. The van der Waals surface area contributed by atoms with Crippen LogP contribution in [-0.4, -0.2) is 25.1 Å². The van der Waals surface area contributed by atoms with Crippen LogP contribution < -0.4 is 10.1 Å². The maximum atomic E-state index is 12.1. The molecule has 1 aromatic heterocycles. The standard InChI is InChI=1S/C20H19BrN2O4S/c1-12-2-7-15-16(9-22)20(28-17(15)8-12)23-18(24)10-27-19(25)11-26-14-5-3-13(21)4-6-14/h3-6,12H,2,7-8,10-11H2,1H3,(H,23,24). The number of hydrogen-bond donors (Lipinski definition) is 1. The highest BCUT2D eigenvalue weighted by molar-refractivity contribution is 9.10. The van der Waals surface area contributed by atoms with E-state index < -0.39 is 18.5 Å². The number of nitrogens with one attached hydrogen (secondary N) is 1. The molecule has 6 nitrogen and oxygen atoms in total. The summed E-state index contributed by atoms with van der Waals surface area (Å²) in [7, 11) is 0. The first kappa shape index (κ1) is 20.4. The van der Waals surface area contributed by atoms with E-state index in [-0.39, 0.29) is 6.61 Å². The van der Waals surface area contributed by atoms with Crippen LogP contribution >= 0.6 is 27.3 Å². The Hall–Kier alpha value is -2.37. The molecule has 0 aliphatic heterocycles. The molecule has 146 valence electrons. The van der Waals surface area contributed by atoms with Gasteiger partial charge in [-0.15, -0.1) is 11.3 Å². The van der Waals surface area contributed by atoms with E-state index in [1.807, 2.05) is 0 Å². The molecule has 1 aliphatic carbocycles. The zero-order valence-corrected chi connectivity index (χ0v) is 17.7. The maximum absolute atomic E-state index is 12.1. The van der Waals surface area contributed by atoms with Crippen LogP contribution in [0.5, 0.6) is 5.75 Å². The molecule has 1 aromatic carbocycles. The number of ether oxygens (including phenoxy) is 2. The smallest absolute Gasteiger partial charge is 0.344 e. The fourth-order valence-electron chi connectivity index (χ4n) is 2.98. The second-order valence-electron chi connectivity index (χ2n) is 6.62. The Morgan fingerprint density at radius 3 is 2.79 bits per heavy atom. The molecule has 28 heavy (non-hydrogen) atoms. The second kappa shape index (κ2) is 9.22. The van der Waals surface area contributed by atoms with Crippen molar-refractivity contribution in [2.24, 2.45) is 5.92 Å². The first-order valence-corrected chi connectivity index (χ1v) is 10.5. The number of carbonyl (C=O) groups is 2. The van der Waals surface area contributed by atoms with Gasteiger partial charge in [-0.3, -0.25) is 4.79 Å². The number of carbonyl (C=O) groups excluding carboxylic acids is 2. The SMILES string of the molecule is CC1CCc2c(sc(NC(=O)COC(=O)COc3ccc(Br)cc3)c2C#N)C1. The number of thiophene rings is 1. The van der Waals surface area contributed by atoms with Gasteiger partial charge in [-0.05, 0) is 55.0 Å². The molecule has 1 aliphatic rings. The van der Waals surface area contributed by atoms with Gasteiger partial charge in [0.1, 0.15) is 16.8 Å². The maximum Gasteiger partial charge on any atom is 0.344 e. The lowest BCUT2D eigenvalue weighted by molar-refractivity contribution is -0.149. The molecular formula is C20H19BrN2O4S. The van der Waals surface area contributed by atoms with Crippen LogP contribution in [0.15, 0.2) is 28.7 Å². The Labute approximate surface area is 175 Å². The minimum absolute atomic E-state index is 0.288. The van der Waals surface area contributed by atoms with Gasteiger partial charge < -0.3 is 14.8 Å². The Morgan fingerprint density at radius 2 is 2.07 bits per heavy atom. The third kappa shape index (κ3) is 5.12. The van der Waals surface area contributed by atoms with Crippen LogP contribution in [0.2, 0.25) is 0 Å². The highest BCUT2D eigenvalue weighted by Gasteiger charge is 2.24. The van der Waals surface area contributed by atoms with E-state index in [1.54, 1.807) is 24.3 Å². The van der Waals surface area contributed by atoms with Gasteiger partial charge in [-0.2, -0.15) is 5.26 Å². The first-order chi connectivity index (χ1) is 13.5. The van der Waals surface area contributed by atoms with Crippen molar-refractivity contribution in [3.05, 3.63) is 44.7 Å². The Balaban J connectivity index is 1.50. The monoisotopic (exact) mass is 462 g/mol. The molecular weight excluding hydrogens is 444 g/mol. The quantitative estimate of drug-likeness (QED) is 0.653. The second-order valence-corrected chi connectivity index (χ2v) is 8.64. The molecule has 0 fully saturated rings. The molecule has 0 saturated carbocycles. The number of esters is 1. The van der Waals surface area contributed by atoms with Crippen molar-refractivity contribution < 1.29 is 19.1 Å². The molecule has 1 N–H and O–H groups in total. The minimum Gasteiger partial charge on any atom is -0.482 e. The van der Waals surface area contributed by atoms with Gasteiger partial charge in [0.25, 0.3) is 5.91 Å². The number of benzene rings is 1. The van der Waals surface area contributed by atoms with E-state index in [9.17, 15) is 14.9 Å². The molecule has 8 heteroatoms. The third-order valence-electron chi connectivity index (χ3n) is 4.41. The van der Waals surface area contributed by atoms with Crippen molar-refractivity contribution in [3.63, 3.8) is 0 Å². The van der Waals surface area contributed by atoms with Crippen LogP contribution in [0.4, 0.5) is 5.00 Å². The zero-order chi connectivity index (χ0) is 20.1. The average molecular weight is 463 g/mol. The van der Waals surface area contributed by atoms with Gasteiger partial charge in [0.05, 0.1) is 5.56 Å². The summed E-state index contributed by atoms with van der Waals surface area (Å²) in [5, 5.41) is 12.7. The molecule has 1 heterocycles. The van der Waals surface area contributed by atoms with Gasteiger partial charge in [0.15, 0.2) is 13.2 Å². The van der Waals surface area contributed by atoms with E-state index in [0.717, 1.165) is 34.2 Å². The zero-order valence-electron chi connectivity index (χ0n) is 15.3. The Kier molecular flexibility index (Phi) is 6.70. The molecule has 1 unspecified atom stereocenters. The van der Waals surface area contributed by atoms with E-state index in [0.29, 0.717) is 22.2 Å². The Bertz CT molecular complexity index is 918. The van der Waals surface area contributed by atoms with Gasteiger partial charge in [0, 0.05) is 9.35 Å². The van der Waals surface area contributed by atoms with E-state index >= 15 is 0 Å². The number of anilines is 1. The number of nitrogens with zero attached hydrogens (tertiary/aromatic N) is 1. The van der Waals surface area contributed by atoms with Crippen molar-refractivity contribution >= 4 is 44.1 Å². The summed E-state index contributed by atoms with van der Waals surface area (Å²) in [6.45, 7) is 1.47. The summed E-state index contributed by atoms with van der Waals surface area (Å²) in [5.74, 6) is -0.00686. The molecule has 3 rings (SSSR count). The average Bonchev–Trinajstić information content (AvgIpc) is 3.01. The molecule has 0 radical (unpaired) electrons. The van der Waals surface area contributed by atoms with Gasteiger partial charge in [-0.25, -0.2) is 4.79 Å². The molecule has 2 aromatic rings. The summed E-state index contributed by atoms with van der Waals surface area (Å²) in [4.78, 5) is 25.1. The van der Waals surface area contributed by atoms with Crippen LogP contribution in [0.3, 0.4) is 0 Å². The Morgan fingerprint density at radius 1 is 1.32 bits per heavy atom. The minimum atomic E-state index is -0.641. The number of fused-ring (bicyclic) bond motifs is 1. The summed E-state index contributed by atoms with van der Waals surface area (Å²) in [5.41, 5.74) is 1.57. The van der Waals surface area contributed by atoms with Crippen molar-refractivity contribution in [2.45, 2.75) is 26.2 Å². The molecule has 0 spiro atoms. The predicted octanol–water partition coefficient (Wildman–Crippen LogP) is 4.07. The molecule has 1 atom stereocenters. The van der Waals surface area contributed by atoms with Crippen LogP contribution in [0.25, 0.3) is 0 Å². The number of rotatable bonds is 6. The lowest BCUT2D eigenvalue weighted by atomic mass is 9.89. The van der Waals surface area contributed by atoms with Crippen molar-refractivity contribution in [2.75, 3.05) is 18.5 Å². The topological polar surface area (TPSA) is 88.4 Å². The van der Waals surface area contributed by atoms with Crippen molar-refractivity contribution in [1.29, 1.82) is 5.26 Å². The van der Waals surface area contributed by atoms with Crippen molar-refractivity contribution in [3.8, 4) is 11.8 Å². The van der Waals surface area contributed by atoms with Gasteiger partial charge in [-0.1, -0.05) is 22.9 Å². The van der Waals surface area contributed by atoms with Crippen LogP contribution in [0.1, 0.15) is 29.3 Å². The van der Waals surface area contributed by atoms with E-state index in [1.165, 1.54) is 11.3 Å². The van der Waals surface area contributed by atoms with Crippen molar-refractivity contribution in [1.82, 2.24) is 0 Å². The number of nitriles is 1. The summed E-state index contributed by atoms with van der Waals surface area (Å²) in [6.07, 6.45) is 2.82. The summed E-state index contributed by atoms with van der Waals surface area (Å²) >= 11 is 4.75. The predicted molar refractivity (Wildman–Crippen MR) is 109 cm³/mol. The highest BCUT2D eigenvalue weighted by Crippen LogP contribution is 2.39. The van der Waals surface area contributed by atoms with Crippen LogP contribution in [-0.2, 0) is 27.2 Å². The number of halogens is 1.